The summed E-state index contributed by atoms with van der Waals surface area (Å²) in [6, 6.07) is 0.495. The van der Waals surface area contributed by atoms with Crippen LogP contribution in [0.15, 0.2) is 4.99 Å². The van der Waals surface area contributed by atoms with E-state index in [1.54, 1.807) is 0 Å². The molecule has 1 atom stereocenters. The summed E-state index contributed by atoms with van der Waals surface area (Å²) < 4.78 is 0. The van der Waals surface area contributed by atoms with Gasteiger partial charge in [0.2, 0.25) is 0 Å². The van der Waals surface area contributed by atoms with Gasteiger partial charge in [-0.1, -0.05) is 13.8 Å². The van der Waals surface area contributed by atoms with Gasteiger partial charge in [-0.2, -0.15) is 0 Å². The van der Waals surface area contributed by atoms with E-state index in [9.17, 15) is 0 Å². The van der Waals surface area contributed by atoms with Gasteiger partial charge in [0, 0.05) is 0 Å². The second kappa shape index (κ2) is 2.84. The van der Waals surface area contributed by atoms with Crippen molar-refractivity contribution in [3.8, 4) is 0 Å². The van der Waals surface area contributed by atoms with Gasteiger partial charge in [-0.25, -0.2) is 0 Å². The lowest BCUT2D eigenvalue weighted by molar-refractivity contribution is 0.376. The summed E-state index contributed by atoms with van der Waals surface area (Å²) in [6.07, 6.45) is 3.69. The van der Waals surface area contributed by atoms with E-state index in [0.717, 1.165) is 5.84 Å². The first kappa shape index (κ1) is 8.57. The summed E-state index contributed by atoms with van der Waals surface area (Å²) in [5.41, 5.74) is 6.00. The molecule has 0 aromatic rings. The van der Waals surface area contributed by atoms with Gasteiger partial charge in [-0.15, -0.1) is 0 Å². The van der Waals surface area contributed by atoms with Gasteiger partial charge in [-0.3, -0.25) is 4.99 Å². The van der Waals surface area contributed by atoms with Gasteiger partial charge in [0.1, 0.15) is 0 Å². The highest BCUT2D eigenvalue weighted by atomic mass is 14.9. The van der Waals surface area contributed by atoms with E-state index in [2.05, 4.69) is 18.8 Å². The molecule has 0 spiro atoms. The van der Waals surface area contributed by atoms with Crippen molar-refractivity contribution in [2.75, 3.05) is 0 Å². The average Bonchev–Trinajstić information content (AvgIpc) is 2.08. The molecule has 2 nitrogen and oxygen atoms in total. The fraction of sp³-hybridized carbons (Fsp3) is 0.889. The van der Waals surface area contributed by atoms with E-state index in [-0.39, 0.29) is 0 Å². The first-order valence-electron chi connectivity index (χ1n) is 4.29. The van der Waals surface area contributed by atoms with Crippen LogP contribution in [-0.4, -0.2) is 11.9 Å². The molecule has 2 N–H and O–H groups in total. The Morgan fingerprint density at radius 2 is 2.18 bits per heavy atom. The normalized spacial score (nSPS) is 30.8. The lowest BCUT2D eigenvalue weighted by Crippen LogP contribution is -2.12. The molecule has 1 aliphatic rings. The third-order valence-electron chi connectivity index (χ3n) is 2.33. The molecule has 2 heteroatoms. The Bertz CT molecular complexity index is 166. The van der Waals surface area contributed by atoms with Crippen molar-refractivity contribution in [3.63, 3.8) is 0 Å². The number of hydrogen-bond donors (Lipinski definition) is 1. The predicted molar refractivity (Wildman–Crippen MR) is 48.7 cm³/mol. The SMILES string of the molecule is CC(N)=NC1CCC(C)(C)C1. The maximum atomic E-state index is 5.51. The summed E-state index contributed by atoms with van der Waals surface area (Å²) in [7, 11) is 0. The molecule has 0 saturated heterocycles. The number of aliphatic imine (C=N–C) groups is 1. The molecule has 0 amide bonds. The minimum Gasteiger partial charge on any atom is -0.388 e. The maximum Gasteiger partial charge on any atom is 0.0909 e. The Hall–Kier alpha value is -0.530. The molecular weight excluding hydrogens is 136 g/mol. The Morgan fingerprint density at radius 3 is 2.55 bits per heavy atom. The van der Waals surface area contributed by atoms with E-state index >= 15 is 0 Å². The van der Waals surface area contributed by atoms with Crippen LogP contribution in [0.5, 0.6) is 0 Å². The van der Waals surface area contributed by atoms with Crippen molar-refractivity contribution < 1.29 is 0 Å². The Balaban J connectivity index is 2.49. The van der Waals surface area contributed by atoms with Gasteiger partial charge < -0.3 is 5.73 Å². The first-order valence-corrected chi connectivity index (χ1v) is 4.29. The molecule has 1 unspecified atom stereocenters. The van der Waals surface area contributed by atoms with Crippen LogP contribution in [0.2, 0.25) is 0 Å². The van der Waals surface area contributed by atoms with Crippen LogP contribution >= 0.6 is 0 Å². The molecule has 0 aliphatic heterocycles. The molecule has 0 heterocycles. The highest BCUT2D eigenvalue weighted by Crippen LogP contribution is 2.38. The van der Waals surface area contributed by atoms with Gasteiger partial charge in [0.25, 0.3) is 0 Å². The molecular formula is C9H18N2. The number of amidine groups is 1. The van der Waals surface area contributed by atoms with E-state index in [4.69, 9.17) is 5.73 Å². The van der Waals surface area contributed by atoms with Crippen LogP contribution in [0.4, 0.5) is 0 Å². The van der Waals surface area contributed by atoms with Crippen molar-refractivity contribution in [2.24, 2.45) is 16.1 Å². The zero-order chi connectivity index (χ0) is 8.48. The molecule has 0 aromatic heterocycles. The summed E-state index contributed by atoms with van der Waals surface area (Å²) >= 11 is 0. The van der Waals surface area contributed by atoms with Gasteiger partial charge in [0.05, 0.1) is 11.9 Å². The topological polar surface area (TPSA) is 38.4 Å². The third-order valence-corrected chi connectivity index (χ3v) is 2.33. The predicted octanol–water partition coefficient (Wildman–Crippen LogP) is 1.94. The highest BCUT2D eigenvalue weighted by molar-refractivity contribution is 5.77. The smallest absolute Gasteiger partial charge is 0.0909 e. The quantitative estimate of drug-likeness (QED) is 0.455. The zero-order valence-electron chi connectivity index (χ0n) is 7.72. The summed E-state index contributed by atoms with van der Waals surface area (Å²) in [5.74, 6) is 0.729. The summed E-state index contributed by atoms with van der Waals surface area (Å²) in [6.45, 7) is 6.47. The van der Waals surface area contributed by atoms with Crippen LogP contribution in [0.1, 0.15) is 40.0 Å². The molecule has 11 heavy (non-hydrogen) atoms. The highest BCUT2D eigenvalue weighted by Gasteiger charge is 2.30. The average molecular weight is 154 g/mol. The number of hydrogen-bond acceptors (Lipinski definition) is 1. The Kier molecular flexibility index (Phi) is 2.21. The number of nitrogens with zero attached hydrogens (tertiary/aromatic N) is 1. The van der Waals surface area contributed by atoms with E-state index in [1.807, 2.05) is 6.92 Å². The summed E-state index contributed by atoms with van der Waals surface area (Å²) in [4.78, 5) is 4.37. The maximum absolute atomic E-state index is 5.51. The van der Waals surface area contributed by atoms with Crippen molar-refractivity contribution in [3.05, 3.63) is 0 Å². The van der Waals surface area contributed by atoms with Crippen LogP contribution in [0.3, 0.4) is 0 Å². The molecule has 0 bridgehead atoms. The number of nitrogens with two attached hydrogens (primary N) is 1. The zero-order valence-corrected chi connectivity index (χ0v) is 7.72. The Labute approximate surface area is 68.9 Å². The van der Waals surface area contributed by atoms with Crippen molar-refractivity contribution in [2.45, 2.75) is 46.1 Å². The molecule has 1 aliphatic carbocycles. The second-order valence-electron chi connectivity index (χ2n) is 4.33. The van der Waals surface area contributed by atoms with E-state index < -0.39 is 0 Å². The molecule has 64 valence electrons. The Morgan fingerprint density at radius 1 is 1.55 bits per heavy atom. The van der Waals surface area contributed by atoms with Gasteiger partial charge >= 0.3 is 0 Å². The van der Waals surface area contributed by atoms with Crippen LogP contribution < -0.4 is 5.73 Å². The molecule has 0 radical (unpaired) electrons. The lowest BCUT2D eigenvalue weighted by Gasteiger charge is -2.15. The molecule has 1 saturated carbocycles. The third kappa shape index (κ3) is 2.52. The minimum atomic E-state index is 0.490. The van der Waals surface area contributed by atoms with Crippen LogP contribution in [0.25, 0.3) is 0 Å². The van der Waals surface area contributed by atoms with Gasteiger partial charge in [-0.05, 0) is 31.6 Å². The van der Waals surface area contributed by atoms with Crippen molar-refractivity contribution in [1.82, 2.24) is 0 Å². The fourth-order valence-corrected chi connectivity index (χ4v) is 1.80. The van der Waals surface area contributed by atoms with Crippen LogP contribution in [-0.2, 0) is 0 Å². The fourth-order valence-electron chi connectivity index (χ4n) is 1.80. The largest absolute Gasteiger partial charge is 0.388 e. The lowest BCUT2D eigenvalue weighted by atomic mass is 9.92. The van der Waals surface area contributed by atoms with Crippen LogP contribution in [0, 0.1) is 5.41 Å². The molecule has 1 rings (SSSR count). The van der Waals surface area contributed by atoms with Crippen molar-refractivity contribution in [1.29, 1.82) is 0 Å². The molecule has 1 fully saturated rings. The van der Waals surface area contributed by atoms with Crippen molar-refractivity contribution >= 4 is 5.84 Å². The number of rotatable bonds is 1. The molecule has 0 aromatic carbocycles. The standard InChI is InChI=1S/C9H18N2/c1-7(10)11-8-4-5-9(2,3)6-8/h8H,4-6H2,1-3H3,(H2,10,11). The second-order valence-corrected chi connectivity index (χ2v) is 4.33. The summed E-state index contributed by atoms with van der Waals surface area (Å²) in [5, 5.41) is 0. The van der Waals surface area contributed by atoms with E-state index in [0.29, 0.717) is 11.5 Å². The monoisotopic (exact) mass is 154 g/mol. The van der Waals surface area contributed by atoms with E-state index in [1.165, 1.54) is 19.3 Å². The first-order chi connectivity index (χ1) is 4.99. The minimum absolute atomic E-state index is 0.490. The van der Waals surface area contributed by atoms with Gasteiger partial charge in [0.15, 0.2) is 0 Å².